The number of para-hydroxylation sites is 1. The SMILES string of the molecule is CCOC(=O)CCCN=C(N)Nc1ccccc1. The maximum Gasteiger partial charge on any atom is 0.305 e. The Morgan fingerprint density at radius 2 is 2.11 bits per heavy atom. The molecule has 0 atom stereocenters. The maximum absolute atomic E-state index is 11.1. The Hall–Kier alpha value is -2.04. The van der Waals surface area contributed by atoms with E-state index < -0.39 is 0 Å². The Morgan fingerprint density at radius 1 is 1.39 bits per heavy atom. The first-order valence-corrected chi connectivity index (χ1v) is 6.00. The molecule has 0 aliphatic rings. The van der Waals surface area contributed by atoms with Gasteiger partial charge in [-0.05, 0) is 25.5 Å². The van der Waals surface area contributed by atoms with Gasteiger partial charge in [-0.2, -0.15) is 0 Å². The van der Waals surface area contributed by atoms with Crippen LogP contribution in [0.1, 0.15) is 19.8 Å². The van der Waals surface area contributed by atoms with Crippen LogP contribution in [0.5, 0.6) is 0 Å². The van der Waals surface area contributed by atoms with Gasteiger partial charge in [0, 0.05) is 18.7 Å². The minimum absolute atomic E-state index is 0.192. The molecule has 0 bridgehead atoms. The van der Waals surface area contributed by atoms with E-state index in [4.69, 9.17) is 10.5 Å². The van der Waals surface area contributed by atoms with Gasteiger partial charge in [0.2, 0.25) is 0 Å². The first-order valence-electron chi connectivity index (χ1n) is 6.00. The number of anilines is 1. The van der Waals surface area contributed by atoms with Crippen molar-refractivity contribution in [1.82, 2.24) is 0 Å². The summed E-state index contributed by atoms with van der Waals surface area (Å²) < 4.78 is 4.81. The quantitative estimate of drug-likeness (QED) is 0.348. The highest BCUT2D eigenvalue weighted by atomic mass is 16.5. The molecule has 1 aromatic rings. The number of nitrogens with one attached hydrogen (secondary N) is 1. The second kappa shape index (κ2) is 8.11. The molecule has 5 nitrogen and oxygen atoms in total. The van der Waals surface area contributed by atoms with Crippen LogP contribution in [-0.2, 0) is 9.53 Å². The normalized spacial score (nSPS) is 11.1. The molecule has 5 heteroatoms. The van der Waals surface area contributed by atoms with Crippen LogP contribution in [0.3, 0.4) is 0 Å². The summed E-state index contributed by atoms with van der Waals surface area (Å²) in [6, 6.07) is 9.56. The summed E-state index contributed by atoms with van der Waals surface area (Å²) in [5.74, 6) is 0.160. The van der Waals surface area contributed by atoms with E-state index in [1.165, 1.54) is 0 Å². The molecule has 0 saturated heterocycles. The maximum atomic E-state index is 11.1. The molecule has 0 unspecified atom stereocenters. The molecule has 0 saturated carbocycles. The van der Waals surface area contributed by atoms with Gasteiger partial charge in [-0.1, -0.05) is 18.2 Å². The third-order valence-electron chi connectivity index (χ3n) is 2.17. The van der Waals surface area contributed by atoms with Crippen LogP contribution in [-0.4, -0.2) is 25.1 Å². The summed E-state index contributed by atoms with van der Waals surface area (Å²) in [6.07, 6.45) is 1.01. The smallest absolute Gasteiger partial charge is 0.305 e. The van der Waals surface area contributed by atoms with Gasteiger partial charge < -0.3 is 15.8 Å². The van der Waals surface area contributed by atoms with Gasteiger partial charge in [-0.3, -0.25) is 9.79 Å². The monoisotopic (exact) mass is 249 g/mol. The number of hydrogen-bond donors (Lipinski definition) is 2. The van der Waals surface area contributed by atoms with E-state index in [0.29, 0.717) is 32.0 Å². The third kappa shape index (κ3) is 5.89. The zero-order chi connectivity index (χ0) is 13.2. The Labute approximate surface area is 107 Å². The molecule has 18 heavy (non-hydrogen) atoms. The van der Waals surface area contributed by atoms with Gasteiger partial charge in [-0.25, -0.2) is 0 Å². The Kier molecular flexibility index (Phi) is 6.32. The molecule has 0 amide bonds. The predicted octanol–water partition coefficient (Wildman–Crippen LogP) is 1.76. The van der Waals surface area contributed by atoms with Crippen molar-refractivity contribution in [3.63, 3.8) is 0 Å². The van der Waals surface area contributed by atoms with Crippen molar-refractivity contribution in [3.05, 3.63) is 30.3 Å². The number of nitrogens with zero attached hydrogens (tertiary/aromatic N) is 1. The molecule has 3 N–H and O–H groups in total. The van der Waals surface area contributed by atoms with Gasteiger partial charge in [-0.15, -0.1) is 0 Å². The fourth-order valence-corrected chi connectivity index (χ4v) is 1.36. The van der Waals surface area contributed by atoms with Crippen LogP contribution < -0.4 is 11.1 Å². The number of rotatable bonds is 6. The molecule has 0 fully saturated rings. The number of esters is 1. The van der Waals surface area contributed by atoms with Gasteiger partial charge >= 0.3 is 5.97 Å². The first kappa shape index (κ1) is 14.0. The lowest BCUT2D eigenvalue weighted by Crippen LogP contribution is -2.22. The van der Waals surface area contributed by atoms with Crippen molar-refractivity contribution in [2.75, 3.05) is 18.5 Å². The van der Waals surface area contributed by atoms with E-state index in [1.54, 1.807) is 6.92 Å². The number of benzene rings is 1. The second-order valence-electron chi connectivity index (χ2n) is 3.67. The molecular formula is C13H19N3O2. The minimum Gasteiger partial charge on any atom is -0.466 e. The van der Waals surface area contributed by atoms with Crippen LogP contribution in [0.15, 0.2) is 35.3 Å². The summed E-state index contributed by atoms with van der Waals surface area (Å²) >= 11 is 0. The summed E-state index contributed by atoms with van der Waals surface area (Å²) in [4.78, 5) is 15.2. The Morgan fingerprint density at radius 3 is 2.78 bits per heavy atom. The van der Waals surface area contributed by atoms with E-state index in [0.717, 1.165) is 5.69 Å². The van der Waals surface area contributed by atoms with Crippen molar-refractivity contribution >= 4 is 17.6 Å². The van der Waals surface area contributed by atoms with Crippen molar-refractivity contribution in [1.29, 1.82) is 0 Å². The number of ether oxygens (including phenoxy) is 1. The van der Waals surface area contributed by atoms with Crippen molar-refractivity contribution < 1.29 is 9.53 Å². The number of carbonyl (C=O) groups excluding carboxylic acids is 1. The summed E-state index contributed by atoms with van der Waals surface area (Å²) in [5.41, 5.74) is 6.60. The van der Waals surface area contributed by atoms with Crippen LogP contribution >= 0.6 is 0 Å². The molecule has 0 aliphatic carbocycles. The predicted molar refractivity (Wildman–Crippen MR) is 72.4 cm³/mol. The molecule has 1 rings (SSSR count). The second-order valence-corrected chi connectivity index (χ2v) is 3.67. The van der Waals surface area contributed by atoms with Gasteiger partial charge in [0.15, 0.2) is 5.96 Å². The summed E-state index contributed by atoms with van der Waals surface area (Å²) in [7, 11) is 0. The third-order valence-corrected chi connectivity index (χ3v) is 2.17. The lowest BCUT2D eigenvalue weighted by Gasteiger charge is -2.05. The zero-order valence-electron chi connectivity index (χ0n) is 10.6. The van der Waals surface area contributed by atoms with Gasteiger partial charge in [0.25, 0.3) is 0 Å². The number of hydrogen-bond acceptors (Lipinski definition) is 3. The fourth-order valence-electron chi connectivity index (χ4n) is 1.36. The molecular weight excluding hydrogens is 230 g/mol. The highest BCUT2D eigenvalue weighted by Gasteiger charge is 2.00. The lowest BCUT2D eigenvalue weighted by atomic mass is 10.3. The summed E-state index contributed by atoms with van der Waals surface area (Å²) in [5, 5.41) is 2.97. The fraction of sp³-hybridized carbons (Fsp3) is 0.385. The van der Waals surface area contributed by atoms with E-state index in [-0.39, 0.29) is 5.97 Å². The summed E-state index contributed by atoms with van der Waals surface area (Å²) in [6.45, 7) is 2.71. The Balaban J connectivity index is 2.24. The average molecular weight is 249 g/mol. The number of nitrogens with two attached hydrogens (primary N) is 1. The van der Waals surface area contributed by atoms with E-state index in [2.05, 4.69) is 10.3 Å². The van der Waals surface area contributed by atoms with E-state index in [1.807, 2.05) is 30.3 Å². The molecule has 0 radical (unpaired) electrons. The van der Waals surface area contributed by atoms with Crippen LogP contribution in [0, 0.1) is 0 Å². The van der Waals surface area contributed by atoms with Crippen LogP contribution in [0.25, 0.3) is 0 Å². The van der Waals surface area contributed by atoms with Gasteiger partial charge in [0.05, 0.1) is 6.61 Å². The van der Waals surface area contributed by atoms with Crippen molar-refractivity contribution in [2.24, 2.45) is 10.7 Å². The Bertz CT molecular complexity index is 390. The zero-order valence-corrected chi connectivity index (χ0v) is 10.6. The van der Waals surface area contributed by atoms with Crippen LogP contribution in [0.4, 0.5) is 5.69 Å². The van der Waals surface area contributed by atoms with Gasteiger partial charge in [0.1, 0.15) is 0 Å². The standard InChI is InChI=1S/C13H19N3O2/c1-2-18-12(17)9-6-10-15-13(14)16-11-7-4-3-5-8-11/h3-5,7-8H,2,6,9-10H2,1H3,(H3,14,15,16). The van der Waals surface area contributed by atoms with Crippen molar-refractivity contribution in [2.45, 2.75) is 19.8 Å². The molecule has 0 heterocycles. The highest BCUT2D eigenvalue weighted by molar-refractivity contribution is 5.92. The topological polar surface area (TPSA) is 76.7 Å². The van der Waals surface area contributed by atoms with E-state index in [9.17, 15) is 4.79 Å². The number of carbonyl (C=O) groups is 1. The average Bonchev–Trinajstić information content (AvgIpc) is 2.36. The van der Waals surface area contributed by atoms with Crippen LogP contribution in [0.2, 0.25) is 0 Å². The molecule has 0 spiro atoms. The molecule has 0 aromatic heterocycles. The number of guanidine groups is 1. The molecule has 0 aliphatic heterocycles. The first-order chi connectivity index (χ1) is 8.72. The lowest BCUT2D eigenvalue weighted by molar-refractivity contribution is -0.143. The minimum atomic E-state index is -0.192. The number of aliphatic imine (C=N–C) groups is 1. The largest absolute Gasteiger partial charge is 0.466 e. The van der Waals surface area contributed by atoms with E-state index >= 15 is 0 Å². The van der Waals surface area contributed by atoms with Crippen molar-refractivity contribution in [3.8, 4) is 0 Å². The molecule has 1 aromatic carbocycles. The highest BCUT2D eigenvalue weighted by Crippen LogP contribution is 2.03. The molecule has 98 valence electrons.